The summed E-state index contributed by atoms with van der Waals surface area (Å²) in [5.74, 6) is 2.52. The monoisotopic (exact) mass is 396 g/mol. The molecule has 0 radical (unpaired) electrons. The molecule has 0 saturated heterocycles. The molecule has 150 valence electrons. The molecule has 0 aliphatic heterocycles. The second kappa shape index (κ2) is 8.12. The zero-order valence-corrected chi connectivity index (χ0v) is 19.0. The summed E-state index contributed by atoms with van der Waals surface area (Å²) in [5.41, 5.74) is 3.12. The van der Waals surface area contributed by atoms with Crippen LogP contribution in [0.3, 0.4) is 0 Å². The van der Waals surface area contributed by atoms with Crippen molar-refractivity contribution in [3.8, 4) is 11.5 Å². The fourth-order valence-electron chi connectivity index (χ4n) is 4.55. The number of methoxy groups -OCH3 is 2. The van der Waals surface area contributed by atoms with Gasteiger partial charge in [-0.2, -0.15) is 0 Å². The average molecular weight is 397 g/mol. The van der Waals surface area contributed by atoms with Gasteiger partial charge in [-0.25, -0.2) is 0 Å². The van der Waals surface area contributed by atoms with E-state index < -0.39 is 8.07 Å². The van der Waals surface area contributed by atoms with Gasteiger partial charge in [-0.1, -0.05) is 44.3 Å². The summed E-state index contributed by atoms with van der Waals surface area (Å²) >= 11 is 0. The smallest absolute Gasteiger partial charge is 0.155 e. The zero-order chi connectivity index (χ0) is 20.5. The summed E-state index contributed by atoms with van der Waals surface area (Å²) in [6, 6.07) is 10.4. The van der Waals surface area contributed by atoms with Gasteiger partial charge in [-0.05, 0) is 54.1 Å². The van der Waals surface area contributed by atoms with Crippen LogP contribution in [-0.4, -0.2) is 28.1 Å². The molecule has 1 aliphatic rings. The van der Waals surface area contributed by atoms with Crippen LogP contribution < -0.4 is 9.47 Å². The van der Waals surface area contributed by atoms with E-state index in [0.717, 1.165) is 41.5 Å². The maximum atomic E-state index is 12.3. The maximum absolute atomic E-state index is 12.3. The molecule has 1 aliphatic carbocycles. The lowest BCUT2D eigenvalue weighted by Crippen LogP contribution is -2.36. The van der Waals surface area contributed by atoms with Crippen molar-refractivity contribution in [1.82, 2.24) is 0 Å². The highest BCUT2D eigenvalue weighted by Gasteiger charge is 2.36. The summed E-state index contributed by atoms with van der Waals surface area (Å²) < 4.78 is 11.0. The molecule has 4 heteroatoms. The van der Waals surface area contributed by atoms with Crippen LogP contribution in [0.4, 0.5) is 0 Å². The van der Waals surface area contributed by atoms with Gasteiger partial charge in [0.25, 0.3) is 0 Å². The largest absolute Gasteiger partial charge is 0.496 e. The third-order valence-corrected chi connectivity index (χ3v) is 9.14. The minimum absolute atomic E-state index is 0.311. The number of hydrogen-bond donors (Lipinski definition) is 0. The van der Waals surface area contributed by atoms with E-state index in [1.165, 1.54) is 11.1 Å². The third-order valence-electron chi connectivity index (χ3n) is 6.21. The lowest BCUT2D eigenvalue weighted by molar-refractivity contribution is -0.115. The van der Waals surface area contributed by atoms with Crippen LogP contribution in [0, 0.1) is 5.92 Å². The first kappa shape index (κ1) is 20.7. The molecule has 0 amide bonds. The van der Waals surface area contributed by atoms with Gasteiger partial charge in [-0.15, -0.1) is 0 Å². The Hall–Kier alpha value is -2.07. The van der Waals surface area contributed by atoms with E-state index in [4.69, 9.17) is 9.47 Å². The predicted octanol–water partition coefficient (Wildman–Crippen LogP) is 6.03. The number of rotatable bonds is 6. The number of carbonyl (C=O) groups is 1. The highest BCUT2D eigenvalue weighted by atomic mass is 28.3. The van der Waals surface area contributed by atoms with Crippen molar-refractivity contribution in [2.45, 2.75) is 51.4 Å². The molecule has 0 saturated carbocycles. The molecule has 0 bridgehead atoms. The molecule has 0 heterocycles. The third kappa shape index (κ3) is 4.17. The van der Waals surface area contributed by atoms with Crippen LogP contribution in [0.5, 0.6) is 11.5 Å². The van der Waals surface area contributed by atoms with Crippen molar-refractivity contribution < 1.29 is 14.3 Å². The minimum atomic E-state index is -1.36. The van der Waals surface area contributed by atoms with Crippen LogP contribution >= 0.6 is 0 Å². The van der Waals surface area contributed by atoms with Crippen molar-refractivity contribution in [2.75, 3.05) is 14.2 Å². The number of allylic oxidation sites excluding steroid dienone is 2. The number of benzene rings is 2. The molecule has 0 N–H and O–H groups in total. The molecule has 2 atom stereocenters. The first-order valence-electron chi connectivity index (χ1n) is 10.1. The first-order chi connectivity index (χ1) is 13.2. The van der Waals surface area contributed by atoms with E-state index in [-0.39, 0.29) is 0 Å². The van der Waals surface area contributed by atoms with Gasteiger partial charge < -0.3 is 9.47 Å². The second-order valence-corrected chi connectivity index (χ2v) is 14.5. The number of carbonyl (C=O) groups excluding carboxylic acids is 1. The topological polar surface area (TPSA) is 35.5 Å². The summed E-state index contributed by atoms with van der Waals surface area (Å²) in [6.45, 7) is 9.46. The van der Waals surface area contributed by atoms with Crippen LogP contribution in [0.1, 0.15) is 25.3 Å². The fraction of sp³-hybridized carbons (Fsp3) is 0.458. The van der Waals surface area contributed by atoms with Crippen LogP contribution in [0.2, 0.25) is 25.2 Å². The normalized spacial score (nSPS) is 20.2. The summed E-state index contributed by atoms with van der Waals surface area (Å²) in [7, 11) is 2.03. The number of aryl methyl sites for hydroxylation is 1. The van der Waals surface area contributed by atoms with Gasteiger partial charge in [0.05, 0.1) is 14.2 Å². The molecule has 2 aromatic rings. The van der Waals surface area contributed by atoms with E-state index in [1.807, 2.05) is 18.2 Å². The van der Waals surface area contributed by atoms with Gasteiger partial charge >= 0.3 is 0 Å². The van der Waals surface area contributed by atoms with Gasteiger partial charge in [0, 0.05) is 25.3 Å². The highest BCUT2D eigenvalue weighted by Crippen LogP contribution is 2.42. The Kier molecular flexibility index (Phi) is 5.99. The predicted molar refractivity (Wildman–Crippen MR) is 119 cm³/mol. The van der Waals surface area contributed by atoms with E-state index in [9.17, 15) is 4.79 Å². The Balaban J connectivity index is 1.84. The van der Waals surface area contributed by atoms with Crippen molar-refractivity contribution in [3.63, 3.8) is 0 Å². The molecule has 0 spiro atoms. The number of ketones is 1. The van der Waals surface area contributed by atoms with Gasteiger partial charge in [0.15, 0.2) is 5.78 Å². The Bertz CT molecular complexity index is 908. The molecular weight excluding hydrogens is 364 g/mol. The van der Waals surface area contributed by atoms with E-state index in [1.54, 1.807) is 14.2 Å². The van der Waals surface area contributed by atoms with Crippen molar-refractivity contribution in [1.29, 1.82) is 0 Å². The van der Waals surface area contributed by atoms with Gasteiger partial charge in [0.2, 0.25) is 0 Å². The average Bonchev–Trinajstić information content (AvgIpc) is 2.66. The standard InChI is InChI=1S/C24H32O3Si/c1-16-18(14-19(25)15-24(16)28(4,5)6)9-7-17-8-10-20-21(13-17)23(27-3)12-11-22(20)26-2/h8,10-14,16,24H,7,9,15H2,1-6H3/t16-,24-/m0/s1. The maximum Gasteiger partial charge on any atom is 0.155 e. The molecule has 0 fully saturated rings. The molecule has 28 heavy (non-hydrogen) atoms. The molecule has 3 nitrogen and oxygen atoms in total. The lowest BCUT2D eigenvalue weighted by Gasteiger charge is -2.37. The highest BCUT2D eigenvalue weighted by molar-refractivity contribution is 6.77. The second-order valence-electron chi connectivity index (χ2n) is 9.00. The first-order valence-corrected chi connectivity index (χ1v) is 13.7. The SMILES string of the molecule is COc1ccc(OC)c2cc(CCC3=CC(=O)C[C@H]([Si](C)(C)C)[C@H]3C)ccc12. The Morgan fingerprint density at radius 1 is 0.964 bits per heavy atom. The molecule has 3 rings (SSSR count). The summed E-state index contributed by atoms with van der Waals surface area (Å²) in [5, 5.41) is 2.13. The summed E-state index contributed by atoms with van der Waals surface area (Å²) in [6.07, 6.45) is 4.52. The Labute approximate surface area is 169 Å². The van der Waals surface area contributed by atoms with Crippen molar-refractivity contribution >= 4 is 24.6 Å². The number of fused-ring (bicyclic) bond motifs is 1. The van der Waals surface area contributed by atoms with Crippen LogP contribution in [0.15, 0.2) is 42.0 Å². The fourth-order valence-corrected chi connectivity index (χ4v) is 7.07. The van der Waals surface area contributed by atoms with Crippen molar-refractivity contribution in [2.24, 2.45) is 5.92 Å². The number of ether oxygens (including phenoxy) is 2. The van der Waals surface area contributed by atoms with E-state index in [2.05, 4.69) is 44.8 Å². The van der Waals surface area contributed by atoms with Crippen LogP contribution in [-0.2, 0) is 11.2 Å². The van der Waals surface area contributed by atoms with Gasteiger partial charge in [0.1, 0.15) is 11.5 Å². The molecule has 0 unspecified atom stereocenters. The lowest BCUT2D eigenvalue weighted by atomic mass is 9.84. The summed E-state index contributed by atoms with van der Waals surface area (Å²) in [4.78, 5) is 12.3. The van der Waals surface area contributed by atoms with Crippen LogP contribution in [0.25, 0.3) is 10.8 Å². The Morgan fingerprint density at radius 3 is 2.21 bits per heavy atom. The zero-order valence-electron chi connectivity index (χ0n) is 18.0. The molecule has 2 aromatic carbocycles. The van der Waals surface area contributed by atoms with Crippen molar-refractivity contribution in [3.05, 3.63) is 47.5 Å². The Morgan fingerprint density at radius 2 is 1.61 bits per heavy atom. The molecule has 0 aromatic heterocycles. The number of hydrogen-bond acceptors (Lipinski definition) is 3. The van der Waals surface area contributed by atoms with E-state index >= 15 is 0 Å². The quantitative estimate of drug-likeness (QED) is 0.559. The molecular formula is C24H32O3Si. The van der Waals surface area contributed by atoms with E-state index in [0.29, 0.717) is 17.2 Å². The minimum Gasteiger partial charge on any atom is -0.496 e. The van der Waals surface area contributed by atoms with Gasteiger partial charge in [-0.3, -0.25) is 4.79 Å².